The fourth-order valence-corrected chi connectivity index (χ4v) is 12.9. The van der Waals surface area contributed by atoms with E-state index in [1.807, 2.05) is 0 Å². The minimum absolute atomic E-state index is 0.00250. The van der Waals surface area contributed by atoms with Crippen LogP contribution in [0.3, 0.4) is 0 Å². The largest absolute Gasteiger partial charge is 0.311 e. The van der Waals surface area contributed by atoms with Gasteiger partial charge in [-0.3, -0.25) is 0 Å². The summed E-state index contributed by atoms with van der Waals surface area (Å²) in [7, 11) is 0. The molecule has 0 saturated heterocycles. The van der Waals surface area contributed by atoms with E-state index < -0.39 is 0 Å². The summed E-state index contributed by atoms with van der Waals surface area (Å²) in [4.78, 5) is 5.40. The number of hydrogen-bond acceptors (Lipinski definition) is 2. The molecule has 0 fully saturated rings. The molecule has 61 heavy (non-hydrogen) atoms. The molecule has 3 aliphatic carbocycles. The van der Waals surface area contributed by atoms with E-state index in [4.69, 9.17) is 0 Å². The average Bonchev–Trinajstić information content (AvgIpc) is 3.65. The van der Waals surface area contributed by atoms with Crippen molar-refractivity contribution in [2.45, 2.75) is 143 Å². The predicted octanol–water partition coefficient (Wildman–Crippen LogP) is 13.6. The number of rotatable bonds is 2. The van der Waals surface area contributed by atoms with Crippen LogP contribution >= 0.6 is 0 Å². The molecular weight excluding hydrogens is 735 g/mol. The van der Waals surface area contributed by atoms with Gasteiger partial charge in [0.15, 0.2) is 0 Å². The lowest BCUT2D eigenvalue weighted by Crippen LogP contribution is -2.62. The van der Waals surface area contributed by atoms with Gasteiger partial charge in [0.2, 0.25) is 0 Å². The third kappa shape index (κ3) is 5.47. The summed E-state index contributed by atoms with van der Waals surface area (Å²) < 4.78 is 0. The molecule has 2 heterocycles. The van der Waals surface area contributed by atoms with Crippen LogP contribution in [0, 0.1) is 13.8 Å². The number of nitrogens with zero attached hydrogens (tertiary/aromatic N) is 2. The Bertz CT molecular complexity index is 2900. The fraction of sp³-hybridized carbons (Fsp3) is 0.379. The fourth-order valence-electron chi connectivity index (χ4n) is 12.9. The van der Waals surface area contributed by atoms with Crippen molar-refractivity contribution >= 4 is 57.2 Å². The van der Waals surface area contributed by atoms with E-state index in [0.717, 1.165) is 12.8 Å². The predicted molar refractivity (Wildman–Crippen MR) is 263 cm³/mol. The van der Waals surface area contributed by atoms with Crippen LogP contribution in [-0.4, -0.2) is 6.71 Å². The molecule has 11 rings (SSSR count). The minimum Gasteiger partial charge on any atom is -0.311 e. The zero-order valence-corrected chi connectivity index (χ0v) is 39.0. The summed E-state index contributed by atoms with van der Waals surface area (Å²) in [5.74, 6) is 0. The molecule has 0 spiro atoms. The Morgan fingerprint density at radius 1 is 0.508 bits per heavy atom. The van der Waals surface area contributed by atoms with E-state index in [1.165, 1.54) is 125 Å². The highest BCUT2D eigenvalue weighted by Crippen LogP contribution is 2.55. The number of fused-ring (bicyclic) bond motifs is 9. The van der Waals surface area contributed by atoms with Gasteiger partial charge in [-0.05, 0) is 175 Å². The van der Waals surface area contributed by atoms with Crippen LogP contribution in [-0.2, 0) is 33.5 Å². The Balaban J connectivity index is 1.27. The van der Waals surface area contributed by atoms with Crippen LogP contribution < -0.4 is 26.2 Å². The summed E-state index contributed by atoms with van der Waals surface area (Å²) in [5.41, 5.74) is 28.2. The zero-order chi connectivity index (χ0) is 42.9. The van der Waals surface area contributed by atoms with Gasteiger partial charge in [-0.2, -0.15) is 0 Å². The summed E-state index contributed by atoms with van der Waals surface area (Å²) in [6.45, 7) is 31.7. The van der Waals surface area contributed by atoms with Crippen molar-refractivity contribution in [3.8, 4) is 11.1 Å². The monoisotopic (exact) mass is 799 g/mol. The molecule has 6 aromatic carbocycles. The van der Waals surface area contributed by atoms with Crippen molar-refractivity contribution in [1.82, 2.24) is 0 Å². The van der Waals surface area contributed by atoms with Crippen LogP contribution in [0.1, 0.15) is 145 Å². The first-order valence-corrected chi connectivity index (χ1v) is 23.1. The molecule has 0 saturated carbocycles. The quantitative estimate of drug-likeness (QED) is 0.161. The van der Waals surface area contributed by atoms with Crippen LogP contribution in [0.25, 0.3) is 11.1 Å². The van der Waals surface area contributed by atoms with Crippen molar-refractivity contribution in [2.24, 2.45) is 0 Å². The number of aryl methyl sites for hydroxylation is 2. The van der Waals surface area contributed by atoms with Gasteiger partial charge in [-0.15, -0.1) is 0 Å². The molecule has 0 bridgehead atoms. The first-order valence-electron chi connectivity index (χ1n) is 23.1. The van der Waals surface area contributed by atoms with Crippen molar-refractivity contribution in [3.05, 3.63) is 147 Å². The van der Waals surface area contributed by atoms with Crippen molar-refractivity contribution in [1.29, 1.82) is 0 Å². The Hall–Kier alpha value is -5.02. The third-order valence-electron chi connectivity index (χ3n) is 16.0. The SMILES string of the molecule is Cc1cc2c3c(c1)N(c1cccc4c1-c1ccccc1C4)c1ccc(C(C)(C)C)cc1B3c1cc3c(cc1N2c1cc2c(cc1C)C(C)(C)CCC2(C)C)C(C)(C)CC3(C)C. The van der Waals surface area contributed by atoms with Crippen LogP contribution in [0.2, 0.25) is 0 Å². The average molecular weight is 799 g/mol. The van der Waals surface area contributed by atoms with E-state index in [2.05, 4.69) is 197 Å². The molecule has 308 valence electrons. The van der Waals surface area contributed by atoms with E-state index in [9.17, 15) is 0 Å². The van der Waals surface area contributed by atoms with Gasteiger partial charge in [-0.1, -0.05) is 137 Å². The number of benzene rings is 6. The second-order valence-electron chi connectivity index (χ2n) is 23.3. The summed E-state index contributed by atoms with van der Waals surface area (Å²) >= 11 is 0. The highest BCUT2D eigenvalue weighted by atomic mass is 15.2. The van der Waals surface area contributed by atoms with Crippen LogP contribution in [0.5, 0.6) is 0 Å². The molecule has 5 aliphatic rings. The summed E-state index contributed by atoms with van der Waals surface area (Å²) in [6, 6.07) is 39.1. The van der Waals surface area contributed by atoms with E-state index in [1.54, 1.807) is 0 Å². The van der Waals surface area contributed by atoms with Crippen molar-refractivity contribution in [3.63, 3.8) is 0 Å². The van der Waals surface area contributed by atoms with Gasteiger partial charge >= 0.3 is 0 Å². The number of hydrogen-bond donors (Lipinski definition) is 0. The van der Waals surface area contributed by atoms with E-state index in [-0.39, 0.29) is 33.8 Å². The summed E-state index contributed by atoms with van der Waals surface area (Å²) in [6.07, 6.45) is 4.51. The molecule has 2 nitrogen and oxygen atoms in total. The molecular formula is C58H63BN2. The highest BCUT2D eigenvalue weighted by Gasteiger charge is 2.49. The van der Waals surface area contributed by atoms with E-state index in [0.29, 0.717) is 0 Å². The van der Waals surface area contributed by atoms with Gasteiger partial charge < -0.3 is 9.80 Å². The molecule has 0 radical (unpaired) electrons. The van der Waals surface area contributed by atoms with Gasteiger partial charge in [0.1, 0.15) is 0 Å². The Kier molecular flexibility index (Phi) is 7.86. The maximum absolute atomic E-state index is 2.73. The van der Waals surface area contributed by atoms with Gasteiger partial charge in [0, 0.05) is 34.0 Å². The Labute approximate surface area is 366 Å². The molecule has 0 atom stereocenters. The molecule has 2 aliphatic heterocycles. The molecule has 6 aromatic rings. The second-order valence-corrected chi connectivity index (χ2v) is 23.3. The van der Waals surface area contributed by atoms with Crippen molar-refractivity contribution < 1.29 is 0 Å². The van der Waals surface area contributed by atoms with Crippen LogP contribution in [0.15, 0.2) is 97.1 Å². The molecule has 0 amide bonds. The highest BCUT2D eigenvalue weighted by molar-refractivity contribution is 7.00. The first-order chi connectivity index (χ1) is 28.7. The normalized spacial score (nSPS) is 19.1. The van der Waals surface area contributed by atoms with Crippen molar-refractivity contribution in [2.75, 3.05) is 9.80 Å². The standard InChI is InChI=1S/C58H63BN2/c1-34-25-50-53-51(26-34)61(48-31-42-40(27-35(48)2)55(6,7)23-24-56(42,8)9)49-32-43-41(57(10,11)33-58(43,12)13)30-45(49)59(53)44-29-38(54(3,4)5)21-22-46(44)60(50)47-20-16-18-37-28-36-17-14-15-19-39(36)52(37)47/h14-22,25-27,29-32H,23-24,28,33H2,1-13H3. The lowest BCUT2D eigenvalue weighted by atomic mass is 9.33. The molecule has 0 unspecified atom stereocenters. The van der Waals surface area contributed by atoms with Gasteiger partial charge in [0.05, 0.1) is 5.69 Å². The minimum atomic E-state index is -0.00250. The topological polar surface area (TPSA) is 6.48 Å². The van der Waals surface area contributed by atoms with Gasteiger partial charge in [-0.25, -0.2) is 0 Å². The van der Waals surface area contributed by atoms with Gasteiger partial charge in [0.25, 0.3) is 6.71 Å². The maximum atomic E-state index is 2.73. The second kappa shape index (κ2) is 12.3. The first kappa shape index (κ1) is 38.9. The maximum Gasteiger partial charge on any atom is 0.252 e. The third-order valence-corrected chi connectivity index (χ3v) is 16.0. The zero-order valence-electron chi connectivity index (χ0n) is 39.0. The Morgan fingerprint density at radius 2 is 1.08 bits per heavy atom. The smallest absolute Gasteiger partial charge is 0.252 e. The molecule has 0 N–H and O–H groups in total. The van der Waals surface area contributed by atoms with Crippen LogP contribution in [0.4, 0.5) is 34.1 Å². The molecule has 3 heteroatoms. The lowest BCUT2D eigenvalue weighted by Gasteiger charge is -2.47. The molecule has 0 aromatic heterocycles. The van der Waals surface area contributed by atoms with E-state index >= 15 is 0 Å². The Morgan fingerprint density at radius 3 is 1.77 bits per heavy atom. The summed E-state index contributed by atoms with van der Waals surface area (Å²) in [5, 5.41) is 0. The lowest BCUT2D eigenvalue weighted by molar-refractivity contribution is 0.332. The number of anilines is 6.